The van der Waals surface area contributed by atoms with Crippen molar-refractivity contribution >= 4 is 35.8 Å². The minimum Gasteiger partial charge on any atom is -0.356 e. The number of aryl methyl sites for hydroxylation is 2. The second kappa shape index (κ2) is 13.8. The lowest BCUT2D eigenvalue weighted by atomic mass is 9.98. The number of nitrogens with zero attached hydrogens (tertiary/aromatic N) is 4. The molecule has 7 nitrogen and oxygen atoms in total. The van der Waals surface area contributed by atoms with Crippen molar-refractivity contribution in [3.05, 3.63) is 18.2 Å². The first kappa shape index (κ1) is 25.7. The van der Waals surface area contributed by atoms with E-state index < -0.39 is 0 Å². The zero-order chi connectivity index (χ0) is 20.4. The van der Waals surface area contributed by atoms with E-state index in [2.05, 4.69) is 39.0 Å². The van der Waals surface area contributed by atoms with Gasteiger partial charge in [0, 0.05) is 57.6 Å². The van der Waals surface area contributed by atoms with Gasteiger partial charge in [0.1, 0.15) is 5.82 Å². The molecule has 1 aliphatic heterocycles. The molecule has 1 fully saturated rings. The summed E-state index contributed by atoms with van der Waals surface area (Å²) in [6.45, 7) is 9.83. The Hall–Kier alpha value is -1.32. The Labute approximate surface area is 193 Å². The maximum Gasteiger partial charge on any atom is 0.225 e. The molecule has 0 saturated carbocycles. The van der Waals surface area contributed by atoms with E-state index >= 15 is 0 Å². The molecule has 29 heavy (non-hydrogen) atoms. The number of hydrogen-bond acceptors (Lipinski definition) is 3. The first-order valence-electron chi connectivity index (χ1n) is 10.8. The average Bonchev–Trinajstić information content (AvgIpc) is 3.13. The van der Waals surface area contributed by atoms with Crippen molar-refractivity contribution in [2.45, 2.75) is 71.9 Å². The van der Waals surface area contributed by atoms with E-state index in [1.807, 2.05) is 31.3 Å². The van der Waals surface area contributed by atoms with Crippen molar-refractivity contribution in [3.63, 3.8) is 0 Å². The summed E-state index contributed by atoms with van der Waals surface area (Å²) in [4.78, 5) is 23.2. The molecule has 8 heteroatoms. The summed E-state index contributed by atoms with van der Waals surface area (Å²) in [6.07, 6.45) is 9.90. The van der Waals surface area contributed by atoms with E-state index in [0.717, 1.165) is 76.5 Å². The van der Waals surface area contributed by atoms with Crippen LogP contribution in [0.3, 0.4) is 0 Å². The molecule has 2 heterocycles. The highest BCUT2D eigenvalue weighted by Crippen LogP contribution is 2.17. The first-order valence-corrected chi connectivity index (χ1v) is 10.8. The molecule has 1 aromatic heterocycles. The van der Waals surface area contributed by atoms with E-state index in [1.165, 1.54) is 0 Å². The molecule has 0 aromatic carbocycles. The highest BCUT2D eigenvalue weighted by molar-refractivity contribution is 14.0. The van der Waals surface area contributed by atoms with Crippen LogP contribution in [0.2, 0.25) is 0 Å². The number of hydrogen-bond donors (Lipinski definition) is 2. The average molecular weight is 518 g/mol. The zero-order valence-electron chi connectivity index (χ0n) is 18.5. The predicted molar refractivity (Wildman–Crippen MR) is 130 cm³/mol. The number of aromatic nitrogens is 2. The summed E-state index contributed by atoms with van der Waals surface area (Å²) in [5, 5.41) is 6.94. The molecule has 166 valence electrons. The fourth-order valence-corrected chi connectivity index (χ4v) is 3.78. The standard InChI is InChI=1S/C21H38N6O.HI/c1-5-18(6-2)20(28)27-14-9-19(10-15-27)25-21(22-4)24-11-7-8-13-26-16-12-23-17(26)3;/h12,16,18-19H,5-11,13-15H2,1-4H3,(H2,22,24,25);1H. The molecule has 2 N–H and O–H groups in total. The van der Waals surface area contributed by atoms with Crippen LogP contribution in [0.1, 0.15) is 58.2 Å². The fraction of sp³-hybridized carbons (Fsp3) is 0.762. The van der Waals surface area contributed by atoms with E-state index in [-0.39, 0.29) is 29.9 Å². The number of carbonyl (C=O) groups is 1. The first-order chi connectivity index (χ1) is 13.6. The summed E-state index contributed by atoms with van der Waals surface area (Å²) in [7, 11) is 1.82. The van der Waals surface area contributed by atoms with Gasteiger partial charge in [-0.15, -0.1) is 24.0 Å². The molecule has 0 radical (unpaired) electrons. The lowest BCUT2D eigenvalue weighted by Gasteiger charge is -2.34. The van der Waals surface area contributed by atoms with E-state index in [0.29, 0.717) is 11.9 Å². The largest absolute Gasteiger partial charge is 0.356 e. The van der Waals surface area contributed by atoms with Crippen LogP contribution in [0.5, 0.6) is 0 Å². The van der Waals surface area contributed by atoms with Gasteiger partial charge in [-0.05, 0) is 45.4 Å². The third-order valence-corrected chi connectivity index (χ3v) is 5.75. The number of unbranched alkanes of at least 4 members (excludes halogenated alkanes) is 1. The molecule has 0 atom stereocenters. The Morgan fingerprint density at radius 2 is 1.97 bits per heavy atom. The minimum absolute atomic E-state index is 0. The summed E-state index contributed by atoms with van der Waals surface area (Å²) in [5.74, 6) is 2.45. The molecule has 0 bridgehead atoms. The van der Waals surface area contributed by atoms with Gasteiger partial charge in [0.25, 0.3) is 0 Å². The number of carbonyl (C=O) groups excluding carboxylic acids is 1. The maximum absolute atomic E-state index is 12.5. The van der Waals surface area contributed by atoms with Crippen molar-refractivity contribution < 1.29 is 4.79 Å². The molecule has 0 unspecified atom stereocenters. The van der Waals surface area contributed by atoms with Gasteiger partial charge < -0.3 is 20.1 Å². The van der Waals surface area contributed by atoms with Crippen molar-refractivity contribution in [3.8, 4) is 0 Å². The van der Waals surface area contributed by atoms with Gasteiger partial charge in [0.05, 0.1) is 0 Å². The van der Waals surface area contributed by atoms with Gasteiger partial charge >= 0.3 is 0 Å². The Morgan fingerprint density at radius 3 is 2.52 bits per heavy atom. The van der Waals surface area contributed by atoms with Gasteiger partial charge in [-0.1, -0.05) is 13.8 Å². The number of nitrogens with one attached hydrogen (secondary N) is 2. The number of piperidine rings is 1. The SMILES string of the molecule is CCC(CC)C(=O)N1CCC(NC(=NC)NCCCCn2ccnc2C)CC1.I. The smallest absolute Gasteiger partial charge is 0.225 e. The van der Waals surface area contributed by atoms with Crippen molar-refractivity contribution in [2.24, 2.45) is 10.9 Å². The number of halogens is 1. The molecule has 1 aliphatic rings. The monoisotopic (exact) mass is 518 g/mol. The van der Waals surface area contributed by atoms with Crippen LogP contribution in [0, 0.1) is 12.8 Å². The number of rotatable bonds is 9. The number of aliphatic imine (C=N–C) groups is 1. The summed E-state index contributed by atoms with van der Waals surface area (Å²) in [6, 6.07) is 0.380. The zero-order valence-corrected chi connectivity index (χ0v) is 20.8. The Morgan fingerprint density at radius 1 is 1.28 bits per heavy atom. The quantitative estimate of drug-likeness (QED) is 0.228. The maximum atomic E-state index is 12.5. The third kappa shape index (κ3) is 8.14. The summed E-state index contributed by atoms with van der Waals surface area (Å²) in [5.41, 5.74) is 0. The van der Waals surface area contributed by atoms with Crippen molar-refractivity contribution in [1.82, 2.24) is 25.1 Å². The van der Waals surface area contributed by atoms with Gasteiger partial charge in [0.15, 0.2) is 5.96 Å². The number of likely N-dealkylation sites (tertiary alicyclic amines) is 1. The lowest BCUT2D eigenvalue weighted by Crippen LogP contribution is -2.50. The molecule has 1 saturated heterocycles. The Balaban J connectivity index is 0.00000420. The van der Waals surface area contributed by atoms with Gasteiger partial charge in [0.2, 0.25) is 5.91 Å². The van der Waals surface area contributed by atoms with Gasteiger partial charge in [-0.2, -0.15) is 0 Å². The second-order valence-corrected chi connectivity index (χ2v) is 7.63. The van der Waals surface area contributed by atoms with Gasteiger partial charge in [-0.3, -0.25) is 9.79 Å². The highest BCUT2D eigenvalue weighted by Gasteiger charge is 2.26. The van der Waals surface area contributed by atoms with Gasteiger partial charge in [-0.25, -0.2) is 4.98 Å². The molecule has 1 aromatic rings. The molecule has 1 amide bonds. The van der Waals surface area contributed by atoms with E-state index in [9.17, 15) is 4.79 Å². The van der Waals surface area contributed by atoms with Crippen molar-refractivity contribution in [2.75, 3.05) is 26.7 Å². The van der Waals surface area contributed by atoms with Crippen LogP contribution in [0.4, 0.5) is 0 Å². The van der Waals surface area contributed by atoms with Crippen LogP contribution >= 0.6 is 24.0 Å². The number of guanidine groups is 1. The highest BCUT2D eigenvalue weighted by atomic mass is 127. The summed E-state index contributed by atoms with van der Waals surface area (Å²) >= 11 is 0. The Bertz CT molecular complexity index is 620. The minimum atomic E-state index is 0. The molecular formula is C21H39IN6O. The van der Waals surface area contributed by atoms with Crippen LogP contribution in [0.15, 0.2) is 17.4 Å². The van der Waals surface area contributed by atoms with E-state index in [1.54, 1.807) is 0 Å². The normalized spacial score (nSPS) is 15.3. The topological polar surface area (TPSA) is 74.6 Å². The lowest BCUT2D eigenvalue weighted by molar-refractivity contribution is -0.136. The number of imidazole rings is 1. The van der Waals surface area contributed by atoms with E-state index in [4.69, 9.17) is 0 Å². The summed E-state index contributed by atoms with van der Waals surface area (Å²) < 4.78 is 2.18. The van der Waals surface area contributed by atoms with Crippen LogP contribution < -0.4 is 10.6 Å². The number of amides is 1. The van der Waals surface area contributed by atoms with Crippen LogP contribution in [-0.2, 0) is 11.3 Å². The molecular weight excluding hydrogens is 479 g/mol. The Kier molecular flexibility index (Phi) is 12.3. The third-order valence-electron chi connectivity index (χ3n) is 5.75. The predicted octanol–water partition coefficient (Wildman–Crippen LogP) is 3.18. The fourth-order valence-electron chi connectivity index (χ4n) is 3.78. The molecule has 0 aliphatic carbocycles. The van der Waals surface area contributed by atoms with Crippen LogP contribution in [-0.4, -0.2) is 59.0 Å². The second-order valence-electron chi connectivity index (χ2n) is 7.63. The molecule has 2 rings (SSSR count). The molecule has 0 spiro atoms. The van der Waals surface area contributed by atoms with Crippen LogP contribution in [0.25, 0.3) is 0 Å². The van der Waals surface area contributed by atoms with Crippen molar-refractivity contribution in [1.29, 1.82) is 0 Å².